The molecule has 0 amide bonds. The summed E-state index contributed by atoms with van der Waals surface area (Å²) in [5.41, 5.74) is 5.31. The van der Waals surface area contributed by atoms with E-state index in [0.29, 0.717) is 5.41 Å². The van der Waals surface area contributed by atoms with E-state index >= 15 is 0 Å². The fourth-order valence-electron chi connectivity index (χ4n) is 6.23. The van der Waals surface area contributed by atoms with Gasteiger partial charge in [-0.2, -0.15) is 0 Å². The normalized spacial score (nSPS) is 44.2. The zero-order chi connectivity index (χ0) is 18.2. The average Bonchev–Trinajstić information content (AvgIpc) is 3.09. The molecule has 3 aliphatic carbocycles. The molecule has 0 heteroatoms. The first-order chi connectivity index (χ1) is 11.8. The third-order valence-corrected chi connectivity index (χ3v) is 8.15. The van der Waals surface area contributed by atoms with Gasteiger partial charge in [-0.3, -0.25) is 0 Å². The molecule has 0 nitrogen and oxygen atoms in total. The van der Waals surface area contributed by atoms with Crippen molar-refractivity contribution in [1.82, 2.24) is 0 Å². The molecule has 0 aliphatic heterocycles. The van der Waals surface area contributed by atoms with Crippen LogP contribution in [0.5, 0.6) is 0 Å². The van der Waals surface area contributed by atoms with E-state index in [1.54, 1.807) is 11.1 Å². The summed E-state index contributed by atoms with van der Waals surface area (Å²) in [5.74, 6) is 4.08. The van der Waals surface area contributed by atoms with E-state index in [2.05, 4.69) is 53.3 Å². The molecule has 0 bridgehead atoms. The fourth-order valence-corrected chi connectivity index (χ4v) is 6.23. The minimum absolute atomic E-state index is 0.505. The molecular weight excluding hydrogens is 300 g/mol. The molecule has 0 aromatic rings. The molecule has 2 fully saturated rings. The predicted molar refractivity (Wildman–Crippen MR) is 110 cm³/mol. The molecule has 1 unspecified atom stereocenters. The zero-order valence-electron chi connectivity index (χ0n) is 17.4. The minimum atomic E-state index is 0.505. The SMILES string of the molecule is C=C1CC[C@@H]2/C(C)=C\C[C@H]3[C@@H](C(C)C)CC[C@]3(C)C/C=C(/C)CCC12. The highest BCUT2D eigenvalue weighted by Crippen LogP contribution is 2.54. The third kappa shape index (κ3) is 3.83. The lowest BCUT2D eigenvalue weighted by atomic mass is 9.69. The largest absolute Gasteiger partial charge is 0.0996 e. The maximum Gasteiger partial charge on any atom is -0.0137 e. The summed E-state index contributed by atoms with van der Waals surface area (Å²) in [7, 11) is 0. The summed E-state index contributed by atoms with van der Waals surface area (Å²) in [6, 6.07) is 0. The predicted octanol–water partition coefficient (Wildman–Crippen LogP) is 7.72. The van der Waals surface area contributed by atoms with Crippen LogP contribution in [0.15, 0.2) is 35.5 Å². The molecule has 0 aromatic heterocycles. The monoisotopic (exact) mass is 340 g/mol. The van der Waals surface area contributed by atoms with E-state index in [4.69, 9.17) is 0 Å². The van der Waals surface area contributed by atoms with E-state index in [1.807, 2.05) is 0 Å². The number of hydrogen-bond donors (Lipinski definition) is 0. The van der Waals surface area contributed by atoms with Crippen LogP contribution in [-0.2, 0) is 0 Å². The van der Waals surface area contributed by atoms with Gasteiger partial charge in [-0.25, -0.2) is 0 Å². The molecule has 0 aromatic carbocycles. The van der Waals surface area contributed by atoms with Crippen molar-refractivity contribution < 1.29 is 0 Å². The Kier molecular flexibility index (Phi) is 5.66. The van der Waals surface area contributed by atoms with Gasteiger partial charge in [0, 0.05) is 0 Å². The maximum absolute atomic E-state index is 4.42. The smallest absolute Gasteiger partial charge is 0.0137 e. The first-order valence-electron chi connectivity index (χ1n) is 10.8. The van der Waals surface area contributed by atoms with Gasteiger partial charge in [-0.05, 0) is 100 Å². The molecule has 0 saturated heterocycles. The van der Waals surface area contributed by atoms with E-state index in [1.165, 1.54) is 56.9 Å². The molecule has 3 aliphatic rings. The summed E-state index contributed by atoms with van der Waals surface area (Å²) in [6.45, 7) is 16.7. The highest BCUT2D eigenvalue weighted by molar-refractivity contribution is 5.20. The van der Waals surface area contributed by atoms with Crippen molar-refractivity contribution in [2.45, 2.75) is 86.0 Å². The molecule has 140 valence electrons. The van der Waals surface area contributed by atoms with E-state index in [-0.39, 0.29) is 0 Å². The van der Waals surface area contributed by atoms with Crippen LogP contribution in [0.1, 0.15) is 86.0 Å². The van der Waals surface area contributed by atoms with Crippen molar-refractivity contribution in [2.75, 3.05) is 0 Å². The summed E-state index contributed by atoms with van der Waals surface area (Å²) in [6.07, 6.45) is 15.8. The van der Waals surface area contributed by atoms with Crippen LogP contribution in [0.25, 0.3) is 0 Å². The lowest BCUT2D eigenvalue weighted by molar-refractivity contribution is 0.169. The molecule has 5 atom stereocenters. The van der Waals surface area contributed by atoms with Gasteiger partial charge >= 0.3 is 0 Å². The molecule has 0 heterocycles. The Morgan fingerprint density at radius 3 is 2.48 bits per heavy atom. The third-order valence-electron chi connectivity index (χ3n) is 8.15. The van der Waals surface area contributed by atoms with Crippen LogP contribution in [0, 0.1) is 35.0 Å². The number of fused-ring (bicyclic) bond motifs is 2. The first kappa shape index (κ1) is 19.0. The lowest BCUT2D eigenvalue weighted by Gasteiger charge is -2.35. The highest BCUT2D eigenvalue weighted by atomic mass is 14.5. The van der Waals surface area contributed by atoms with Crippen molar-refractivity contribution in [2.24, 2.45) is 35.0 Å². The van der Waals surface area contributed by atoms with Gasteiger partial charge in [-0.15, -0.1) is 0 Å². The van der Waals surface area contributed by atoms with Gasteiger partial charge in [0.25, 0.3) is 0 Å². The van der Waals surface area contributed by atoms with Crippen LogP contribution in [0.3, 0.4) is 0 Å². The number of rotatable bonds is 1. The van der Waals surface area contributed by atoms with Crippen molar-refractivity contribution >= 4 is 0 Å². The van der Waals surface area contributed by atoms with Gasteiger partial charge in [0.05, 0.1) is 0 Å². The molecule has 0 radical (unpaired) electrons. The highest BCUT2D eigenvalue weighted by Gasteiger charge is 2.44. The van der Waals surface area contributed by atoms with Crippen LogP contribution < -0.4 is 0 Å². The molecule has 25 heavy (non-hydrogen) atoms. The average molecular weight is 341 g/mol. The van der Waals surface area contributed by atoms with Crippen LogP contribution in [0.4, 0.5) is 0 Å². The summed E-state index contributed by atoms with van der Waals surface area (Å²) >= 11 is 0. The standard InChI is InChI=1S/C25H40/c1-17(2)21-14-16-25(6)15-13-18(3)7-10-22-19(4)8-11-23(22)20(5)9-12-24(21)25/h9,13,17,21-24H,4,7-8,10-12,14-16H2,1-3,5-6H3/b18-13-,20-9-/t21-,22?,23-,24+,25+/m1/s1. The van der Waals surface area contributed by atoms with Gasteiger partial charge in [0.2, 0.25) is 0 Å². The Labute approximate surface area is 156 Å². The van der Waals surface area contributed by atoms with Gasteiger partial charge in [-0.1, -0.05) is 56.2 Å². The molecule has 2 saturated carbocycles. The second-order valence-corrected chi connectivity index (χ2v) is 10.1. The number of allylic oxidation sites excluding steroid dienone is 5. The molecular formula is C25H40. The maximum atomic E-state index is 4.42. The fraction of sp³-hybridized carbons (Fsp3) is 0.760. The quantitative estimate of drug-likeness (QED) is 0.428. The van der Waals surface area contributed by atoms with Crippen molar-refractivity contribution in [1.29, 1.82) is 0 Å². The Morgan fingerprint density at radius 1 is 1.04 bits per heavy atom. The summed E-state index contributed by atoms with van der Waals surface area (Å²) in [4.78, 5) is 0. The van der Waals surface area contributed by atoms with E-state index in [0.717, 1.165) is 29.6 Å². The number of hydrogen-bond acceptors (Lipinski definition) is 0. The Morgan fingerprint density at radius 2 is 1.76 bits per heavy atom. The Balaban J connectivity index is 1.91. The van der Waals surface area contributed by atoms with Gasteiger partial charge in [0.1, 0.15) is 0 Å². The summed E-state index contributed by atoms with van der Waals surface area (Å²) in [5, 5.41) is 0. The van der Waals surface area contributed by atoms with Crippen LogP contribution >= 0.6 is 0 Å². The van der Waals surface area contributed by atoms with Crippen molar-refractivity contribution in [3.63, 3.8) is 0 Å². The Hall–Kier alpha value is -0.780. The second kappa shape index (κ2) is 7.45. The topological polar surface area (TPSA) is 0 Å². The lowest BCUT2D eigenvalue weighted by Crippen LogP contribution is -2.27. The zero-order valence-corrected chi connectivity index (χ0v) is 17.4. The second-order valence-electron chi connectivity index (χ2n) is 10.1. The van der Waals surface area contributed by atoms with E-state index < -0.39 is 0 Å². The minimum Gasteiger partial charge on any atom is -0.0996 e. The van der Waals surface area contributed by atoms with Gasteiger partial charge < -0.3 is 0 Å². The molecule has 3 rings (SSSR count). The van der Waals surface area contributed by atoms with Gasteiger partial charge in [0.15, 0.2) is 0 Å². The van der Waals surface area contributed by atoms with Crippen molar-refractivity contribution in [3.8, 4) is 0 Å². The van der Waals surface area contributed by atoms with Crippen LogP contribution in [0.2, 0.25) is 0 Å². The first-order valence-corrected chi connectivity index (χ1v) is 10.8. The molecule has 0 spiro atoms. The molecule has 0 N–H and O–H groups in total. The van der Waals surface area contributed by atoms with Crippen molar-refractivity contribution in [3.05, 3.63) is 35.5 Å². The summed E-state index contributed by atoms with van der Waals surface area (Å²) < 4.78 is 0. The van der Waals surface area contributed by atoms with E-state index in [9.17, 15) is 0 Å². The Bertz CT molecular complexity index is 561. The van der Waals surface area contributed by atoms with Crippen LogP contribution in [-0.4, -0.2) is 0 Å².